The molecule has 0 spiro atoms. The molecule has 5 nitrogen and oxygen atoms in total. The van der Waals surface area contributed by atoms with Crippen LogP contribution in [0.3, 0.4) is 0 Å². The van der Waals surface area contributed by atoms with Crippen LogP contribution in [0.15, 0.2) is 54.6 Å². The summed E-state index contributed by atoms with van der Waals surface area (Å²) in [6.07, 6.45) is 0.574. The minimum atomic E-state index is -0.118. The van der Waals surface area contributed by atoms with E-state index < -0.39 is 0 Å². The first kappa shape index (κ1) is 17.5. The third-order valence-electron chi connectivity index (χ3n) is 3.55. The predicted octanol–water partition coefficient (Wildman–Crippen LogP) is 2.44. The molecule has 0 saturated heterocycles. The Labute approximate surface area is 142 Å². The molecule has 126 valence electrons. The Morgan fingerprint density at radius 2 is 1.58 bits per heavy atom. The van der Waals surface area contributed by atoms with E-state index in [0.717, 1.165) is 16.9 Å². The summed E-state index contributed by atoms with van der Waals surface area (Å²) in [7, 11) is 3.93. The first-order valence-electron chi connectivity index (χ1n) is 7.92. The Bertz CT molecular complexity index is 667. The van der Waals surface area contributed by atoms with Crippen molar-refractivity contribution in [2.24, 2.45) is 0 Å². The zero-order valence-corrected chi connectivity index (χ0v) is 14.1. The highest BCUT2D eigenvalue weighted by molar-refractivity contribution is 5.91. The minimum Gasteiger partial charge on any atom is -0.378 e. The summed E-state index contributed by atoms with van der Waals surface area (Å²) in [5, 5.41) is 5.59. The fraction of sp³-hybridized carbons (Fsp3) is 0.263. The van der Waals surface area contributed by atoms with Gasteiger partial charge in [0.05, 0.1) is 6.42 Å². The summed E-state index contributed by atoms with van der Waals surface area (Å²) in [6.45, 7) is 0.327. The lowest BCUT2D eigenvalue weighted by atomic mass is 10.1. The van der Waals surface area contributed by atoms with Gasteiger partial charge in [0.15, 0.2) is 0 Å². The number of carbonyl (C=O) groups is 2. The Morgan fingerprint density at radius 1 is 0.917 bits per heavy atom. The van der Waals surface area contributed by atoms with Crippen LogP contribution in [0.25, 0.3) is 0 Å². The van der Waals surface area contributed by atoms with Gasteiger partial charge in [-0.05, 0) is 29.8 Å². The fourth-order valence-corrected chi connectivity index (χ4v) is 2.23. The summed E-state index contributed by atoms with van der Waals surface area (Å²) in [5.74, 6) is -0.197. The third kappa shape index (κ3) is 5.76. The van der Waals surface area contributed by atoms with E-state index in [2.05, 4.69) is 10.6 Å². The lowest BCUT2D eigenvalue weighted by Gasteiger charge is -2.13. The molecule has 2 amide bonds. The number of rotatable bonds is 7. The van der Waals surface area contributed by atoms with Crippen molar-refractivity contribution in [1.29, 1.82) is 0 Å². The van der Waals surface area contributed by atoms with Crippen LogP contribution in [0.5, 0.6) is 0 Å². The van der Waals surface area contributed by atoms with Gasteiger partial charge < -0.3 is 15.5 Å². The zero-order valence-electron chi connectivity index (χ0n) is 14.1. The minimum absolute atomic E-state index is 0.0793. The number of nitrogens with one attached hydrogen (secondary N) is 2. The maximum atomic E-state index is 11.9. The van der Waals surface area contributed by atoms with E-state index in [0.29, 0.717) is 13.0 Å². The van der Waals surface area contributed by atoms with Gasteiger partial charge in [0, 0.05) is 38.4 Å². The van der Waals surface area contributed by atoms with Crippen molar-refractivity contribution >= 4 is 23.2 Å². The Kier molecular flexibility index (Phi) is 6.37. The number of hydrogen-bond donors (Lipinski definition) is 2. The van der Waals surface area contributed by atoms with Gasteiger partial charge in [0.25, 0.3) is 0 Å². The van der Waals surface area contributed by atoms with E-state index in [-0.39, 0.29) is 18.2 Å². The maximum Gasteiger partial charge on any atom is 0.226 e. The highest BCUT2D eigenvalue weighted by atomic mass is 16.2. The molecule has 2 N–H and O–H groups in total. The van der Waals surface area contributed by atoms with Crippen LogP contribution in [0.1, 0.15) is 12.0 Å². The van der Waals surface area contributed by atoms with Crippen LogP contribution < -0.4 is 15.5 Å². The number of nitrogens with zero attached hydrogens (tertiary/aromatic N) is 1. The molecule has 0 aliphatic rings. The highest BCUT2D eigenvalue weighted by Gasteiger charge is 2.06. The molecule has 0 radical (unpaired) electrons. The second-order valence-electron chi connectivity index (χ2n) is 5.75. The summed E-state index contributed by atoms with van der Waals surface area (Å²) in [6, 6.07) is 17.1. The lowest BCUT2D eigenvalue weighted by molar-refractivity contribution is -0.120. The molecule has 5 heteroatoms. The molecular formula is C19H23N3O2. The number of anilines is 2. The molecule has 2 rings (SSSR count). The first-order chi connectivity index (χ1) is 11.5. The second-order valence-corrected chi connectivity index (χ2v) is 5.75. The molecule has 0 aliphatic heterocycles. The van der Waals surface area contributed by atoms with Crippen LogP contribution in [-0.4, -0.2) is 32.5 Å². The number of benzene rings is 2. The molecule has 0 bridgehead atoms. The maximum absolute atomic E-state index is 11.9. The van der Waals surface area contributed by atoms with Crippen molar-refractivity contribution in [2.45, 2.75) is 12.8 Å². The summed E-state index contributed by atoms with van der Waals surface area (Å²) in [5.41, 5.74) is 2.78. The van der Waals surface area contributed by atoms with Gasteiger partial charge >= 0.3 is 0 Å². The molecule has 0 heterocycles. The average molecular weight is 325 g/mol. The molecule has 0 unspecified atom stereocenters. The highest BCUT2D eigenvalue weighted by Crippen LogP contribution is 2.15. The van der Waals surface area contributed by atoms with Gasteiger partial charge in [-0.1, -0.05) is 30.3 Å². The van der Waals surface area contributed by atoms with E-state index in [4.69, 9.17) is 0 Å². The van der Waals surface area contributed by atoms with E-state index in [9.17, 15) is 9.59 Å². The fourth-order valence-electron chi connectivity index (χ4n) is 2.23. The molecule has 0 fully saturated rings. The standard InChI is InChI=1S/C19H23N3O2/c1-22(2)17-10-8-16(9-11-17)21-18(23)12-13-20-19(24)14-15-6-4-3-5-7-15/h3-11H,12-14H2,1-2H3,(H,20,24)(H,21,23). The van der Waals surface area contributed by atoms with Crippen LogP contribution >= 0.6 is 0 Å². The normalized spacial score (nSPS) is 10.1. The SMILES string of the molecule is CN(C)c1ccc(NC(=O)CCNC(=O)Cc2ccccc2)cc1. The molecule has 0 saturated carbocycles. The summed E-state index contributed by atoms with van der Waals surface area (Å²) >= 11 is 0. The first-order valence-corrected chi connectivity index (χ1v) is 7.92. The monoisotopic (exact) mass is 325 g/mol. The van der Waals surface area contributed by atoms with Crippen LogP contribution in [0.4, 0.5) is 11.4 Å². The lowest BCUT2D eigenvalue weighted by Crippen LogP contribution is -2.28. The second kappa shape index (κ2) is 8.72. The van der Waals surface area contributed by atoms with Crippen molar-refractivity contribution in [3.8, 4) is 0 Å². The van der Waals surface area contributed by atoms with Crippen molar-refractivity contribution in [3.05, 3.63) is 60.2 Å². The quantitative estimate of drug-likeness (QED) is 0.822. The van der Waals surface area contributed by atoms with Crippen molar-refractivity contribution < 1.29 is 9.59 Å². The molecule has 0 atom stereocenters. The Balaban J connectivity index is 1.70. The van der Waals surface area contributed by atoms with E-state index >= 15 is 0 Å². The largest absolute Gasteiger partial charge is 0.378 e. The van der Waals surface area contributed by atoms with Gasteiger partial charge in [0.2, 0.25) is 11.8 Å². The van der Waals surface area contributed by atoms with E-state index in [1.54, 1.807) is 0 Å². The molecule has 0 aliphatic carbocycles. The zero-order chi connectivity index (χ0) is 17.4. The number of amides is 2. The van der Waals surface area contributed by atoms with Crippen LogP contribution in [-0.2, 0) is 16.0 Å². The number of hydrogen-bond acceptors (Lipinski definition) is 3. The molecule has 2 aromatic rings. The van der Waals surface area contributed by atoms with Crippen LogP contribution in [0.2, 0.25) is 0 Å². The Morgan fingerprint density at radius 3 is 2.21 bits per heavy atom. The third-order valence-corrected chi connectivity index (χ3v) is 3.55. The molecule has 24 heavy (non-hydrogen) atoms. The van der Waals surface area contributed by atoms with Crippen molar-refractivity contribution in [1.82, 2.24) is 5.32 Å². The van der Waals surface area contributed by atoms with E-state index in [1.807, 2.05) is 73.6 Å². The molecule has 2 aromatic carbocycles. The summed E-state index contributed by atoms with van der Waals surface area (Å²) < 4.78 is 0. The van der Waals surface area contributed by atoms with Gasteiger partial charge in [-0.2, -0.15) is 0 Å². The molecule has 0 aromatic heterocycles. The molecular weight excluding hydrogens is 302 g/mol. The predicted molar refractivity (Wildman–Crippen MR) is 97.2 cm³/mol. The van der Waals surface area contributed by atoms with Gasteiger partial charge in [0.1, 0.15) is 0 Å². The van der Waals surface area contributed by atoms with Crippen molar-refractivity contribution in [3.63, 3.8) is 0 Å². The smallest absolute Gasteiger partial charge is 0.226 e. The summed E-state index contributed by atoms with van der Waals surface area (Å²) in [4.78, 5) is 25.7. The van der Waals surface area contributed by atoms with E-state index in [1.165, 1.54) is 0 Å². The topological polar surface area (TPSA) is 61.4 Å². The van der Waals surface area contributed by atoms with Gasteiger partial charge in [-0.25, -0.2) is 0 Å². The average Bonchev–Trinajstić information content (AvgIpc) is 2.56. The Hall–Kier alpha value is -2.82. The van der Waals surface area contributed by atoms with Crippen molar-refractivity contribution in [2.75, 3.05) is 30.9 Å². The number of carbonyl (C=O) groups excluding carboxylic acids is 2. The van der Waals surface area contributed by atoms with Gasteiger partial charge in [-0.15, -0.1) is 0 Å². The van der Waals surface area contributed by atoms with Crippen LogP contribution in [0, 0.1) is 0 Å². The van der Waals surface area contributed by atoms with Gasteiger partial charge in [-0.3, -0.25) is 9.59 Å².